The number of anilines is 1. The molecule has 202 valence electrons. The highest BCUT2D eigenvalue weighted by Gasteiger charge is 2.34. The van der Waals surface area contributed by atoms with Crippen LogP contribution in [-0.2, 0) is 14.3 Å². The minimum absolute atomic E-state index is 0.250. The van der Waals surface area contributed by atoms with Gasteiger partial charge in [-0.2, -0.15) is 0 Å². The van der Waals surface area contributed by atoms with Gasteiger partial charge in [0.1, 0.15) is 0 Å². The number of benzene rings is 2. The van der Waals surface area contributed by atoms with E-state index in [1.807, 2.05) is 113 Å². The van der Waals surface area contributed by atoms with E-state index >= 15 is 0 Å². The lowest BCUT2D eigenvalue weighted by Gasteiger charge is -2.39. The smallest absolute Gasteiger partial charge is 0.339 e. The number of ether oxygens (including phenoxy) is 2. The maximum atomic E-state index is 13.2. The molecule has 2 rings (SSSR count). The van der Waals surface area contributed by atoms with E-state index in [1.165, 1.54) is 0 Å². The number of halogens is 1. The average Bonchev–Trinajstić information content (AvgIpc) is 2.82. The Balaban J connectivity index is 2.82. The van der Waals surface area contributed by atoms with Gasteiger partial charge in [-0.25, -0.2) is 4.79 Å². The molecule has 1 atom stereocenters. The lowest BCUT2D eigenvalue weighted by molar-refractivity contribution is -0.166. The van der Waals surface area contributed by atoms with Gasteiger partial charge in [0.25, 0.3) is 0 Å². The van der Waals surface area contributed by atoms with Crippen molar-refractivity contribution in [2.24, 2.45) is 0 Å². The highest BCUT2D eigenvalue weighted by atomic mass is 35.5. The van der Waals surface area contributed by atoms with Crippen molar-refractivity contribution in [1.82, 2.24) is 10.1 Å². The van der Waals surface area contributed by atoms with Gasteiger partial charge in [-0.1, -0.05) is 36.4 Å². The Hall–Kier alpha value is -2.45. The molecular weight excluding hydrogens is 506 g/mol. The number of hydrogen-bond acceptors (Lipinski definition) is 7. The van der Waals surface area contributed by atoms with Gasteiger partial charge in [0.2, 0.25) is 0 Å². The van der Waals surface area contributed by atoms with Crippen LogP contribution in [0.5, 0.6) is 0 Å². The first-order valence-corrected chi connectivity index (χ1v) is 13.0. The maximum absolute atomic E-state index is 13.2. The summed E-state index contributed by atoms with van der Waals surface area (Å²) in [7, 11) is 5.83. The van der Waals surface area contributed by atoms with Crippen LogP contribution in [0, 0.1) is 6.92 Å². The fourth-order valence-corrected chi connectivity index (χ4v) is 4.52. The molecule has 8 heteroatoms. The number of carbonyl (C=O) groups is 1. The molecule has 0 aliphatic heterocycles. The van der Waals surface area contributed by atoms with E-state index in [2.05, 4.69) is 6.58 Å². The van der Waals surface area contributed by atoms with Gasteiger partial charge in [-0.05, 0) is 76.9 Å². The van der Waals surface area contributed by atoms with Crippen LogP contribution in [0.1, 0.15) is 51.8 Å². The molecule has 0 amide bonds. The topological polar surface area (TPSA) is 45.2 Å². The summed E-state index contributed by atoms with van der Waals surface area (Å²) in [6.07, 6.45) is 2.94. The van der Waals surface area contributed by atoms with E-state index in [9.17, 15) is 4.79 Å². The average molecular weight is 546 g/mol. The minimum atomic E-state index is -0.939. The Kier molecular flexibility index (Phi) is 10.7. The maximum Gasteiger partial charge on any atom is 0.339 e. The van der Waals surface area contributed by atoms with Crippen LogP contribution in [-0.4, -0.2) is 49.4 Å². The van der Waals surface area contributed by atoms with E-state index < -0.39 is 17.7 Å². The second kappa shape index (κ2) is 12.9. The number of aryl methyl sites for hydroxylation is 1. The fourth-order valence-electron chi connectivity index (χ4n) is 3.94. The summed E-state index contributed by atoms with van der Waals surface area (Å²) in [5, 5.41) is 6.48. The Morgan fingerprint density at radius 1 is 1.19 bits per heavy atom. The number of esters is 1. The highest BCUT2D eigenvalue weighted by Crippen LogP contribution is 2.44. The van der Waals surface area contributed by atoms with E-state index in [-0.39, 0.29) is 6.61 Å². The molecule has 0 radical (unpaired) electrons. The van der Waals surface area contributed by atoms with Gasteiger partial charge >= 0.3 is 5.97 Å². The van der Waals surface area contributed by atoms with E-state index in [0.29, 0.717) is 15.5 Å². The lowest BCUT2D eigenvalue weighted by Crippen LogP contribution is -2.47. The SMILES string of the molecule is C=C(/C=C\C)N(C)N(C)N(C)c1cc(C)c([C@H](OC(C)(C)C)C(=O)OCC)c(-c2ccc(Cl)cc2)c1S. The van der Waals surface area contributed by atoms with Gasteiger partial charge in [0, 0.05) is 47.9 Å². The molecule has 0 saturated heterocycles. The predicted molar refractivity (Wildman–Crippen MR) is 157 cm³/mol. The molecule has 0 aromatic heterocycles. The van der Waals surface area contributed by atoms with Crippen LogP contribution in [0.3, 0.4) is 0 Å². The summed E-state index contributed by atoms with van der Waals surface area (Å²) >= 11 is 11.2. The van der Waals surface area contributed by atoms with Crippen LogP contribution in [0.15, 0.2) is 59.7 Å². The number of hydrazine groups is 2. The van der Waals surface area contributed by atoms with Crippen LogP contribution in [0.4, 0.5) is 5.69 Å². The molecule has 2 aromatic carbocycles. The Labute approximate surface area is 232 Å². The van der Waals surface area contributed by atoms with Crippen molar-refractivity contribution >= 4 is 35.9 Å². The molecule has 0 fully saturated rings. The minimum Gasteiger partial charge on any atom is -0.464 e. The zero-order valence-electron chi connectivity index (χ0n) is 23.4. The molecule has 2 aromatic rings. The summed E-state index contributed by atoms with van der Waals surface area (Å²) in [6.45, 7) is 15.9. The molecule has 37 heavy (non-hydrogen) atoms. The largest absolute Gasteiger partial charge is 0.464 e. The van der Waals surface area contributed by atoms with Crippen LogP contribution in [0.2, 0.25) is 5.02 Å². The number of rotatable bonds is 10. The zero-order chi connectivity index (χ0) is 28.1. The Morgan fingerprint density at radius 3 is 2.30 bits per heavy atom. The molecule has 0 heterocycles. The van der Waals surface area contributed by atoms with Gasteiger partial charge in [0.15, 0.2) is 6.10 Å². The highest BCUT2D eigenvalue weighted by molar-refractivity contribution is 7.80. The number of hydrogen-bond donors (Lipinski definition) is 1. The van der Waals surface area contributed by atoms with E-state index in [4.69, 9.17) is 33.7 Å². The van der Waals surface area contributed by atoms with Crippen LogP contribution in [0.25, 0.3) is 11.1 Å². The molecular formula is C29H40ClN3O3S. The number of nitrogens with zero attached hydrogens (tertiary/aromatic N) is 3. The predicted octanol–water partition coefficient (Wildman–Crippen LogP) is 7.24. The summed E-state index contributed by atoms with van der Waals surface area (Å²) < 4.78 is 11.8. The third kappa shape index (κ3) is 7.54. The zero-order valence-corrected chi connectivity index (χ0v) is 25.1. The molecule has 0 unspecified atom stereocenters. The van der Waals surface area contributed by atoms with Crippen molar-refractivity contribution in [2.75, 3.05) is 32.8 Å². The van der Waals surface area contributed by atoms with Crippen molar-refractivity contribution in [1.29, 1.82) is 0 Å². The first-order chi connectivity index (χ1) is 17.2. The summed E-state index contributed by atoms with van der Waals surface area (Å²) in [6, 6.07) is 9.51. The standard InChI is InChI=1S/C29H40ClN3O3S/c1-11-13-20(4)31(8)33(10)32(9)23-18-19(3)24(26(28(34)35-12-2)36-29(5,6)7)25(27(23)37)21-14-16-22(30)17-15-21/h11,13-18,26,37H,4,12H2,1-3,5-10H3/b13-11-/t26-/m0/s1. The second-order valence-corrected chi connectivity index (χ2v) is 10.6. The molecule has 0 saturated carbocycles. The number of thiol groups is 1. The molecule has 6 nitrogen and oxygen atoms in total. The second-order valence-electron chi connectivity index (χ2n) is 9.75. The lowest BCUT2D eigenvalue weighted by atomic mass is 9.90. The summed E-state index contributed by atoms with van der Waals surface area (Å²) in [5.74, 6) is -0.441. The van der Waals surface area contributed by atoms with Crippen LogP contribution < -0.4 is 5.01 Å². The van der Waals surface area contributed by atoms with E-state index in [0.717, 1.165) is 28.1 Å². The van der Waals surface area contributed by atoms with Crippen molar-refractivity contribution in [3.63, 3.8) is 0 Å². The number of allylic oxidation sites excluding steroid dienone is 2. The monoisotopic (exact) mass is 545 g/mol. The molecule has 0 N–H and O–H groups in total. The first kappa shape index (κ1) is 30.8. The van der Waals surface area contributed by atoms with Crippen LogP contribution >= 0.6 is 24.2 Å². The van der Waals surface area contributed by atoms with Crippen molar-refractivity contribution in [3.8, 4) is 11.1 Å². The number of carbonyl (C=O) groups excluding carboxylic acids is 1. The first-order valence-electron chi connectivity index (χ1n) is 12.2. The van der Waals surface area contributed by atoms with Crippen molar-refractivity contribution in [2.45, 2.75) is 58.1 Å². The van der Waals surface area contributed by atoms with E-state index in [1.54, 1.807) is 6.92 Å². The van der Waals surface area contributed by atoms with Crippen molar-refractivity contribution in [3.05, 3.63) is 70.9 Å². The quantitative estimate of drug-likeness (QED) is 0.147. The molecule has 0 aliphatic carbocycles. The van der Waals surface area contributed by atoms with Gasteiger partial charge in [0.05, 0.1) is 17.9 Å². The fraction of sp³-hybridized carbons (Fsp3) is 0.414. The molecule has 0 aliphatic rings. The molecule has 0 bridgehead atoms. The Bertz CT molecular complexity index is 1140. The van der Waals surface area contributed by atoms with Crippen molar-refractivity contribution < 1.29 is 14.3 Å². The van der Waals surface area contributed by atoms with Gasteiger partial charge in [-0.15, -0.1) is 17.7 Å². The summed E-state index contributed by atoms with van der Waals surface area (Å²) in [4.78, 5) is 13.9. The van der Waals surface area contributed by atoms with Gasteiger partial charge < -0.3 is 9.47 Å². The summed E-state index contributed by atoms with van der Waals surface area (Å²) in [5.41, 5.74) is 4.31. The third-order valence-electron chi connectivity index (χ3n) is 5.89. The molecule has 0 spiro atoms. The normalized spacial score (nSPS) is 12.6. The Morgan fingerprint density at radius 2 is 1.78 bits per heavy atom. The van der Waals surface area contributed by atoms with Gasteiger partial charge in [-0.3, -0.25) is 10.0 Å². The third-order valence-corrected chi connectivity index (χ3v) is 6.59. The number of likely N-dealkylation sites (N-methyl/N-ethyl adjacent to an activating group) is 1.